The predicted molar refractivity (Wildman–Crippen MR) is 206 cm³/mol. The molecular weight excluding hydrogens is 736 g/mol. The van der Waals surface area contributed by atoms with Crippen LogP contribution in [0.1, 0.15) is 46.6 Å². The molecule has 1 atom stereocenters. The second-order valence-electron chi connectivity index (χ2n) is 13.5. The van der Waals surface area contributed by atoms with Gasteiger partial charge in [0.25, 0.3) is 0 Å². The fraction of sp³-hybridized carbons (Fsp3) is 0.136. The third-order valence-corrected chi connectivity index (χ3v) is 9.74. The van der Waals surface area contributed by atoms with Crippen molar-refractivity contribution in [2.45, 2.75) is 32.7 Å². The molecule has 0 bridgehead atoms. The van der Waals surface area contributed by atoms with Crippen molar-refractivity contribution in [3.8, 4) is 34.3 Å². The lowest BCUT2D eigenvalue weighted by molar-refractivity contribution is -0.0952. The van der Waals surface area contributed by atoms with Crippen molar-refractivity contribution in [2.24, 2.45) is 0 Å². The number of rotatable bonds is 9. The maximum Gasteiger partial charge on any atom is 0.339 e. The molecule has 0 spiro atoms. The maximum absolute atomic E-state index is 13.8. The smallest absolute Gasteiger partial charge is 0.339 e. The minimum atomic E-state index is -1.16. The van der Waals surface area contributed by atoms with Gasteiger partial charge in [-0.1, -0.05) is 18.2 Å². The van der Waals surface area contributed by atoms with Crippen LogP contribution in [0.15, 0.2) is 134 Å². The average Bonchev–Trinajstić information content (AvgIpc) is 3.17. The van der Waals surface area contributed by atoms with E-state index in [0.29, 0.717) is 62.3 Å². The molecule has 0 fully saturated rings. The largest absolute Gasteiger partial charge is 0.508 e. The lowest BCUT2D eigenvalue weighted by Gasteiger charge is -2.28. The van der Waals surface area contributed by atoms with Crippen LogP contribution in [0.5, 0.6) is 23.0 Å². The van der Waals surface area contributed by atoms with E-state index in [1.165, 1.54) is 36.4 Å². The Balaban J connectivity index is 1.15. The first kappa shape index (κ1) is 35.3. The van der Waals surface area contributed by atoms with Gasteiger partial charge in [0.2, 0.25) is 6.29 Å². The van der Waals surface area contributed by atoms with Gasteiger partial charge in [-0.05, 0) is 90.2 Å². The highest BCUT2D eigenvalue weighted by Gasteiger charge is 2.32. The molecule has 4 aromatic heterocycles. The highest BCUT2D eigenvalue weighted by atomic mass is 16.7. The van der Waals surface area contributed by atoms with Gasteiger partial charge in [0.15, 0.2) is 5.76 Å². The lowest BCUT2D eigenvalue weighted by atomic mass is 9.95. The number of hydrogen-bond donors (Lipinski definition) is 2. The first-order valence-electron chi connectivity index (χ1n) is 17.9. The first-order valence-corrected chi connectivity index (χ1v) is 17.9. The zero-order valence-electron chi connectivity index (χ0n) is 30.0. The molecule has 57 heavy (non-hydrogen) atoms. The number of fused-ring (bicyclic) bond motifs is 6. The van der Waals surface area contributed by atoms with Gasteiger partial charge in [-0.15, -0.1) is 0 Å². The highest BCUT2D eigenvalue weighted by Crippen LogP contribution is 2.44. The summed E-state index contributed by atoms with van der Waals surface area (Å²) in [5.74, 6) is 0.810. The van der Waals surface area contributed by atoms with Crippen molar-refractivity contribution >= 4 is 32.9 Å². The molecule has 0 radical (unpaired) electrons. The van der Waals surface area contributed by atoms with Crippen molar-refractivity contribution in [1.29, 1.82) is 0 Å². The number of phenols is 2. The molecule has 5 heterocycles. The Bertz CT molecular complexity index is 3150. The minimum absolute atomic E-state index is 0.0455. The van der Waals surface area contributed by atoms with Gasteiger partial charge in [-0.2, -0.15) is 0 Å². The number of hydrogen-bond acceptors (Lipinski definition) is 13. The number of benzene rings is 4. The van der Waals surface area contributed by atoms with Gasteiger partial charge in [0.05, 0.1) is 35.1 Å². The summed E-state index contributed by atoms with van der Waals surface area (Å²) < 4.78 is 40.8. The Morgan fingerprint density at radius 3 is 2.16 bits per heavy atom. The standard InChI is InChI=1S/C44H30O13/c1-2-51-33-6-4-8-35-41(33)26(19-39(49)54-35)21-52-44-30-16-25(15-24-18-38(48)53-34-7-3-5-31(46)40(24)34)43(50)57-42(30)29-14-22(9-12-32(29)56-44)13-23-17-37(47)55-36-20-27(45)10-11-28(23)36/h3-12,14,16-20,44-46H,2,13,15,21H2,1H3. The van der Waals surface area contributed by atoms with Crippen LogP contribution in [0.25, 0.3) is 44.2 Å². The zero-order valence-corrected chi connectivity index (χ0v) is 30.0. The summed E-state index contributed by atoms with van der Waals surface area (Å²) >= 11 is 0. The molecular formula is C44H30O13. The van der Waals surface area contributed by atoms with E-state index in [1.807, 2.05) is 6.92 Å². The number of ether oxygens (including phenoxy) is 3. The second-order valence-corrected chi connectivity index (χ2v) is 13.5. The topological polar surface area (TPSA) is 189 Å². The van der Waals surface area contributed by atoms with Crippen molar-refractivity contribution in [3.05, 3.63) is 172 Å². The SMILES string of the molecule is CCOc1cccc2oc(=O)cc(COC3Oc4ccc(Cc5cc(=O)oc6cc(O)ccc56)cc4-c4oc(=O)c(Cc5cc(=O)oc6cccc(O)c56)cc43)c12. The van der Waals surface area contributed by atoms with Gasteiger partial charge in [-0.3, -0.25) is 0 Å². The van der Waals surface area contributed by atoms with Crippen LogP contribution >= 0.6 is 0 Å². The van der Waals surface area contributed by atoms with Gasteiger partial charge in [0.1, 0.15) is 39.7 Å². The molecule has 0 saturated heterocycles. The first-order chi connectivity index (χ1) is 27.6. The predicted octanol–water partition coefficient (Wildman–Crippen LogP) is 7.23. The van der Waals surface area contributed by atoms with E-state index in [4.69, 9.17) is 31.9 Å². The van der Waals surface area contributed by atoms with E-state index < -0.39 is 28.8 Å². The summed E-state index contributed by atoms with van der Waals surface area (Å²) in [6.45, 7) is 2.06. The molecule has 0 amide bonds. The minimum Gasteiger partial charge on any atom is -0.508 e. The molecule has 1 unspecified atom stereocenters. The second kappa shape index (κ2) is 14.0. The average molecular weight is 767 g/mol. The summed E-state index contributed by atoms with van der Waals surface area (Å²) in [5.41, 5.74) is 1.25. The summed E-state index contributed by atoms with van der Waals surface area (Å²) in [4.78, 5) is 51.4. The lowest BCUT2D eigenvalue weighted by Crippen LogP contribution is -2.21. The molecule has 9 rings (SSSR count). The summed E-state index contributed by atoms with van der Waals surface area (Å²) in [5, 5.41) is 22.1. The normalized spacial score (nSPS) is 13.4. The van der Waals surface area contributed by atoms with Crippen LogP contribution < -0.4 is 32.0 Å². The molecule has 4 aromatic carbocycles. The van der Waals surface area contributed by atoms with Gasteiger partial charge < -0.3 is 42.1 Å². The Labute approximate surface area is 320 Å². The van der Waals surface area contributed by atoms with Crippen LogP contribution in [-0.4, -0.2) is 16.8 Å². The highest BCUT2D eigenvalue weighted by molar-refractivity contribution is 5.88. The molecule has 0 saturated carbocycles. The summed E-state index contributed by atoms with van der Waals surface area (Å²) in [7, 11) is 0. The quantitative estimate of drug-likeness (QED) is 0.140. The van der Waals surface area contributed by atoms with E-state index in [0.717, 1.165) is 5.56 Å². The molecule has 284 valence electrons. The van der Waals surface area contributed by atoms with E-state index in [2.05, 4.69) is 0 Å². The van der Waals surface area contributed by atoms with E-state index in [9.17, 15) is 29.4 Å². The van der Waals surface area contributed by atoms with Crippen molar-refractivity contribution in [2.75, 3.05) is 6.61 Å². The van der Waals surface area contributed by atoms with Crippen molar-refractivity contribution in [3.63, 3.8) is 0 Å². The monoisotopic (exact) mass is 766 g/mol. The Kier molecular flexibility index (Phi) is 8.70. The summed E-state index contributed by atoms with van der Waals surface area (Å²) in [6, 6.07) is 25.0. The molecule has 2 N–H and O–H groups in total. The Morgan fingerprint density at radius 1 is 0.649 bits per heavy atom. The fourth-order valence-electron chi connectivity index (χ4n) is 7.34. The summed E-state index contributed by atoms with van der Waals surface area (Å²) in [6.07, 6.45) is -1.00. The molecule has 1 aliphatic heterocycles. The third kappa shape index (κ3) is 6.59. The maximum atomic E-state index is 13.8. The molecule has 13 heteroatoms. The fourth-order valence-corrected chi connectivity index (χ4v) is 7.34. The van der Waals surface area contributed by atoms with Crippen LogP contribution in [0, 0.1) is 0 Å². The van der Waals surface area contributed by atoms with Crippen molar-refractivity contribution < 1.29 is 42.1 Å². The molecule has 8 aromatic rings. The van der Waals surface area contributed by atoms with E-state index in [1.54, 1.807) is 60.7 Å². The molecule has 13 nitrogen and oxygen atoms in total. The van der Waals surface area contributed by atoms with Crippen LogP contribution in [0.2, 0.25) is 0 Å². The zero-order chi connectivity index (χ0) is 39.4. The third-order valence-electron chi connectivity index (χ3n) is 9.74. The number of aromatic hydroxyl groups is 2. The van der Waals surface area contributed by atoms with Gasteiger partial charge in [0, 0.05) is 41.6 Å². The molecule has 0 aliphatic carbocycles. The number of phenolic OH excluding ortho intramolecular Hbond substituents is 2. The van der Waals surface area contributed by atoms with Gasteiger partial charge in [-0.25, -0.2) is 19.2 Å². The Hall–Kier alpha value is -7.38. The van der Waals surface area contributed by atoms with Crippen LogP contribution in [0.4, 0.5) is 0 Å². The van der Waals surface area contributed by atoms with Crippen LogP contribution in [-0.2, 0) is 24.2 Å². The van der Waals surface area contributed by atoms with Crippen LogP contribution in [0.3, 0.4) is 0 Å². The van der Waals surface area contributed by atoms with Crippen molar-refractivity contribution in [1.82, 2.24) is 0 Å². The van der Waals surface area contributed by atoms with E-state index in [-0.39, 0.29) is 58.8 Å². The molecule has 1 aliphatic rings. The van der Waals surface area contributed by atoms with E-state index >= 15 is 0 Å². The van der Waals surface area contributed by atoms with Gasteiger partial charge >= 0.3 is 22.5 Å². The Morgan fingerprint density at radius 2 is 1.37 bits per heavy atom.